The smallest absolute Gasteiger partial charge is 0.243 e. The van der Waals surface area contributed by atoms with Gasteiger partial charge in [-0.25, -0.2) is 12.7 Å². The monoisotopic (exact) mass is 380 g/mol. The highest BCUT2D eigenvalue weighted by atomic mass is 79.9. The van der Waals surface area contributed by atoms with E-state index in [0.717, 1.165) is 24.4 Å². The summed E-state index contributed by atoms with van der Waals surface area (Å²) in [4.78, 5) is 0.321. The number of halogens is 1. The molecule has 0 saturated carbocycles. The van der Waals surface area contributed by atoms with Gasteiger partial charge in [0.15, 0.2) is 0 Å². The number of nitrogens with zero attached hydrogens (tertiary/aromatic N) is 1. The molecule has 0 aliphatic carbocycles. The lowest BCUT2D eigenvalue weighted by molar-refractivity contribution is 0.488. The van der Waals surface area contributed by atoms with Crippen LogP contribution in [-0.4, -0.2) is 44.9 Å². The lowest BCUT2D eigenvalue weighted by Gasteiger charge is -2.18. The van der Waals surface area contributed by atoms with E-state index in [1.165, 1.54) is 4.31 Å². The summed E-state index contributed by atoms with van der Waals surface area (Å²) >= 11 is 5.00. The first-order valence-corrected chi connectivity index (χ1v) is 10.0. The van der Waals surface area contributed by atoms with Crippen LogP contribution in [0.3, 0.4) is 0 Å². The van der Waals surface area contributed by atoms with E-state index in [9.17, 15) is 8.42 Å². The number of hydrogen-bond donors (Lipinski definition) is 1. The molecule has 20 heavy (non-hydrogen) atoms. The summed E-state index contributed by atoms with van der Waals surface area (Å²) in [6.45, 7) is 4.16. The van der Waals surface area contributed by atoms with Crippen molar-refractivity contribution in [2.45, 2.75) is 18.4 Å². The van der Waals surface area contributed by atoms with Crippen molar-refractivity contribution in [1.82, 2.24) is 9.62 Å². The number of benzene rings is 1. The first-order valence-electron chi connectivity index (χ1n) is 6.38. The Morgan fingerprint density at radius 2 is 2.10 bits per heavy atom. The fraction of sp³-hybridized carbons (Fsp3) is 0.538. The van der Waals surface area contributed by atoms with Crippen LogP contribution in [-0.2, 0) is 16.6 Å². The van der Waals surface area contributed by atoms with Gasteiger partial charge >= 0.3 is 0 Å². The molecule has 0 aliphatic rings. The van der Waals surface area contributed by atoms with Gasteiger partial charge in [-0.2, -0.15) is 11.8 Å². The van der Waals surface area contributed by atoms with Crippen molar-refractivity contribution in [2.24, 2.45) is 0 Å². The Kier molecular flexibility index (Phi) is 7.53. The molecule has 0 saturated heterocycles. The van der Waals surface area contributed by atoms with Crippen LogP contribution in [0.5, 0.6) is 0 Å². The molecule has 0 atom stereocenters. The summed E-state index contributed by atoms with van der Waals surface area (Å²) < 4.78 is 26.9. The first kappa shape index (κ1) is 18.0. The average Bonchev–Trinajstić information content (AvgIpc) is 2.42. The quantitative estimate of drug-likeness (QED) is 0.752. The molecule has 0 fully saturated rings. The minimum Gasteiger partial charge on any atom is -0.313 e. The lowest BCUT2D eigenvalue weighted by atomic mass is 10.2. The Labute approximate surface area is 134 Å². The van der Waals surface area contributed by atoms with Crippen LogP contribution in [0.4, 0.5) is 0 Å². The molecule has 0 aromatic heterocycles. The van der Waals surface area contributed by atoms with Crippen LogP contribution in [0, 0.1) is 0 Å². The predicted octanol–water partition coefficient (Wildman–Crippen LogP) is 2.54. The lowest BCUT2D eigenvalue weighted by Crippen LogP contribution is -2.29. The summed E-state index contributed by atoms with van der Waals surface area (Å²) in [5.41, 5.74) is 1.06. The van der Waals surface area contributed by atoms with Gasteiger partial charge in [0.1, 0.15) is 0 Å². The van der Waals surface area contributed by atoms with Crippen LogP contribution in [0.2, 0.25) is 0 Å². The summed E-state index contributed by atoms with van der Waals surface area (Å²) in [6.07, 6.45) is 1.96. The number of rotatable bonds is 8. The van der Waals surface area contributed by atoms with E-state index in [-0.39, 0.29) is 0 Å². The van der Waals surface area contributed by atoms with Crippen molar-refractivity contribution in [3.05, 3.63) is 28.2 Å². The van der Waals surface area contributed by atoms with Gasteiger partial charge in [-0.1, -0.05) is 13.0 Å². The maximum Gasteiger partial charge on any atom is 0.243 e. The van der Waals surface area contributed by atoms with Gasteiger partial charge in [0.2, 0.25) is 10.0 Å². The van der Waals surface area contributed by atoms with E-state index in [1.54, 1.807) is 24.9 Å². The van der Waals surface area contributed by atoms with Gasteiger partial charge in [0.05, 0.1) is 4.90 Å². The third kappa shape index (κ3) is 4.73. The van der Waals surface area contributed by atoms with Crippen LogP contribution < -0.4 is 5.32 Å². The average molecular weight is 381 g/mol. The highest BCUT2D eigenvalue weighted by molar-refractivity contribution is 9.10. The SMILES string of the molecule is CCNCc1ccc(S(=O)(=O)N(C)CCSC)c(Br)c1. The van der Waals surface area contributed by atoms with E-state index in [4.69, 9.17) is 0 Å². The van der Waals surface area contributed by atoms with Crippen molar-refractivity contribution in [3.63, 3.8) is 0 Å². The van der Waals surface area contributed by atoms with Crippen LogP contribution in [0.15, 0.2) is 27.6 Å². The second-order valence-electron chi connectivity index (χ2n) is 4.36. The molecule has 7 heteroatoms. The minimum absolute atomic E-state index is 0.321. The molecule has 0 bridgehead atoms. The van der Waals surface area contributed by atoms with E-state index in [1.807, 2.05) is 25.3 Å². The first-order chi connectivity index (χ1) is 9.43. The van der Waals surface area contributed by atoms with Gasteiger partial charge in [-0.15, -0.1) is 0 Å². The molecule has 1 rings (SSSR count). The predicted molar refractivity (Wildman–Crippen MR) is 89.7 cm³/mol. The third-order valence-corrected chi connectivity index (χ3v) is 6.30. The molecule has 0 spiro atoms. The molecule has 0 aliphatic heterocycles. The summed E-state index contributed by atoms with van der Waals surface area (Å²) in [5.74, 6) is 0.784. The van der Waals surface area contributed by atoms with Gasteiger partial charge < -0.3 is 5.32 Å². The number of hydrogen-bond acceptors (Lipinski definition) is 4. The number of sulfonamides is 1. The fourth-order valence-corrected chi connectivity index (χ4v) is 4.47. The Morgan fingerprint density at radius 1 is 1.40 bits per heavy atom. The molecule has 0 amide bonds. The second-order valence-corrected chi connectivity index (χ2v) is 8.22. The largest absolute Gasteiger partial charge is 0.313 e. The molecule has 0 radical (unpaired) electrons. The van der Waals surface area contributed by atoms with Crippen molar-refractivity contribution in [2.75, 3.05) is 32.1 Å². The zero-order chi connectivity index (χ0) is 15.2. The normalized spacial score (nSPS) is 12.1. The Morgan fingerprint density at radius 3 is 2.65 bits per heavy atom. The van der Waals surface area contributed by atoms with E-state index in [2.05, 4.69) is 21.2 Å². The van der Waals surface area contributed by atoms with Crippen LogP contribution in [0.25, 0.3) is 0 Å². The fourth-order valence-electron chi connectivity index (χ4n) is 1.64. The summed E-state index contributed by atoms with van der Waals surface area (Å²) in [6, 6.07) is 5.38. The number of nitrogens with one attached hydrogen (secondary N) is 1. The van der Waals surface area contributed by atoms with E-state index in [0.29, 0.717) is 15.9 Å². The molecule has 114 valence electrons. The standard InChI is InChI=1S/C13H21BrN2O2S2/c1-4-15-10-11-5-6-13(12(14)9-11)20(17,18)16(2)7-8-19-3/h5-6,9,15H,4,7-8,10H2,1-3H3. The second kappa shape index (κ2) is 8.38. The van der Waals surface area contributed by atoms with Gasteiger partial charge in [0, 0.05) is 30.4 Å². The van der Waals surface area contributed by atoms with Gasteiger partial charge in [0.25, 0.3) is 0 Å². The Bertz CT molecular complexity index is 535. The molecule has 1 aromatic carbocycles. The minimum atomic E-state index is -3.43. The Hall–Kier alpha value is -0.0800. The van der Waals surface area contributed by atoms with Crippen LogP contribution in [0.1, 0.15) is 12.5 Å². The van der Waals surface area contributed by atoms with Gasteiger partial charge in [-0.3, -0.25) is 0 Å². The van der Waals surface area contributed by atoms with Crippen molar-refractivity contribution in [3.8, 4) is 0 Å². The van der Waals surface area contributed by atoms with E-state index >= 15 is 0 Å². The zero-order valence-corrected chi connectivity index (χ0v) is 15.2. The molecular weight excluding hydrogens is 360 g/mol. The summed E-state index contributed by atoms with van der Waals surface area (Å²) in [5, 5.41) is 3.22. The highest BCUT2D eigenvalue weighted by Crippen LogP contribution is 2.25. The Balaban J connectivity index is 2.95. The third-order valence-electron chi connectivity index (χ3n) is 2.87. The molecular formula is C13H21BrN2O2S2. The topological polar surface area (TPSA) is 49.4 Å². The van der Waals surface area contributed by atoms with Gasteiger partial charge in [-0.05, 0) is 46.4 Å². The molecule has 1 N–H and O–H groups in total. The molecule has 4 nitrogen and oxygen atoms in total. The zero-order valence-electron chi connectivity index (χ0n) is 12.0. The molecule has 0 unspecified atom stereocenters. The van der Waals surface area contributed by atoms with Crippen molar-refractivity contribution < 1.29 is 8.42 Å². The summed E-state index contributed by atoms with van der Waals surface area (Å²) in [7, 11) is -1.81. The van der Waals surface area contributed by atoms with Crippen LogP contribution >= 0.6 is 27.7 Å². The van der Waals surface area contributed by atoms with Crippen molar-refractivity contribution >= 4 is 37.7 Å². The van der Waals surface area contributed by atoms with E-state index < -0.39 is 10.0 Å². The maximum absolute atomic E-state index is 12.5. The number of thioether (sulfide) groups is 1. The maximum atomic E-state index is 12.5. The molecule has 1 aromatic rings. The molecule has 0 heterocycles. The van der Waals surface area contributed by atoms with Crippen molar-refractivity contribution in [1.29, 1.82) is 0 Å². The highest BCUT2D eigenvalue weighted by Gasteiger charge is 2.22.